The quantitative estimate of drug-likeness (QED) is 0.486. The van der Waals surface area contributed by atoms with Gasteiger partial charge in [-0.1, -0.05) is 25.1 Å². The van der Waals surface area contributed by atoms with E-state index in [2.05, 4.69) is 4.99 Å². The van der Waals surface area contributed by atoms with Crippen molar-refractivity contribution in [2.75, 3.05) is 0 Å². The van der Waals surface area contributed by atoms with Gasteiger partial charge in [0.1, 0.15) is 11.6 Å². The second-order valence-corrected chi connectivity index (χ2v) is 5.25. The first-order valence-electron chi connectivity index (χ1n) is 7.64. The van der Waals surface area contributed by atoms with Crippen LogP contribution in [0.2, 0.25) is 0 Å². The predicted molar refractivity (Wildman–Crippen MR) is 89.4 cm³/mol. The number of aliphatic imine (C=N–C) groups is 1. The fourth-order valence-corrected chi connectivity index (χ4v) is 2.18. The van der Waals surface area contributed by atoms with E-state index in [1.807, 2.05) is 0 Å². The lowest BCUT2D eigenvalue weighted by Gasteiger charge is -2.03. The molecule has 0 aromatic heterocycles. The van der Waals surface area contributed by atoms with Gasteiger partial charge in [0.2, 0.25) is 5.90 Å². The number of hydrogen-bond acceptors (Lipinski definition) is 5. The van der Waals surface area contributed by atoms with Crippen LogP contribution >= 0.6 is 0 Å². The molecule has 0 N–H and O–H groups in total. The summed E-state index contributed by atoms with van der Waals surface area (Å²) >= 11 is 0. The number of hydrogen-bond donors (Lipinski definition) is 0. The maximum atomic E-state index is 13.3. The Morgan fingerprint density at radius 3 is 2.80 bits per heavy atom. The predicted octanol–water partition coefficient (Wildman–Crippen LogP) is 3.49. The van der Waals surface area contributed by atoms with E-state index in [0.717, 1.165) is 0 Å². The monoisotopic (exact) mass is 339 g/mol. The van der Waals surface area contributed by atoms with Gasteiger partial charge in [-0.05, 0) is 42.0 Å². The van der Waals surface area contributed by atoms with E-state index in [9.17, 15) is 14.0 Å². The topological polar surface area (TPSA) is 65.0 Å². The number of carbonyl (C=O) groups excluding carboxylic acids is 2. The van der Waals surface area contributed by atoms with Crippen LogP contribution < -0.4 is 4.74 Å². The number of rotatable bonds is 4. The summed E-state index contributed by atoms with van der Waals surface area (Å²) in [6.07, 6.45) is 1.77. The molecule has 2 aromatic rings. The van der Waals surface area contributed by atoms with Crippen LogP contribution in [-0.4, -0.2) is 17.8 Å². The van der Waals surface area contributed by atoms with Crippen molar-refractivity contribution in [1.29, 1.82) is 0 Å². The zero-order valence-electron chi connectivity index (χ0n) is 13.4. The standard InChI is InChI=1S/C19H14FNO4/c1-2-17(22)24-15-8-3-5-12(9-15)10-16-19(23)25-18(21-16)13-6-4-7-14(20)11-13/h3-11H,2H2,1H3/b16-10-. The molecule has 1 aliphatic rings. The molecule has 0 unspecified atom stereocenters. The van der Waals surface area contributed by atoms with Gasteiger partial charge in [-0.2, -0.15) is 0 Å². The Kier molecular flexibility index (Phi) is 4.70. The second-order valence-electron chi connectivity index (χ2n) is 5.25. The average molecular weight is 339 g/mol. The minimum absolute atomic E-state index is 0.0457. The molecule has 0 aliphatic carbocycles. The van der Waals surface area contributed by atoms with Gasteiger partial charge in [-0.3, -0.25) is 4.79 Å². The molecule has 0 atom stereocenters. The van der Waals surface area contributed by atoms with Gasteiger partial charge in [-0.25, -0.2) is 14.2 Å². The van der Waals surface area contributed by atoms with Crippen molar-refractivity contribution in [3.8, 4) is 5.75 Å². The first-order valence-corrected chi connectivity index (χ1v) is 7.64. The Morgan fingerprint density at radius 2 is 2.04 bits per heavy atom. The maximum Gasteiger partial charge on any atom is 0.363 e. The van der Waals surface area contributed by atoms with Gasteiger partial charge in [0.15, 0.2) is 5.70 Å². The van der Waals surface area contributed by atoms with Crippen LogP contribution in [0.5, 0.6) is 5.75 Å². The maximum absolute atomic E-state index is 13.3. The van der Waals surface area contributed by atoms with Crippen LogP contribution in [0.4, 0.5) is 4.39 Å². The Labute approximate surface area is 143 Å². The van der Waals surface area contributed by atoms with Crippen LogP contribution in [0.15, 0.2) is 59.2 Å². The Balaban J connectivity index is 1.87. The Morgan fingerprint density at radius 1 is 1.24 bits per heavy atom. The van der Waals surface area contributed by atoms with Gasteiger partial charge >= 0.3 is 11.9 Å². The summed E-state index contributed by atoms with van der Waals surface area (Å²) in [7, 11) is 0. The summed E-state index contributed by atoms with van der Waals surface area (Å²) in [4.78, 5) is 27.4. The zero-order valence-corrected chi connectivity index (χ0v) is 13.4. The van der Waals surface area contributed by atoms with Crippen LogP contribution in [-0.2, 0) is 14.3 Å². The van der Waals surface area contributed by atoms with Crippen molar-refractivity contribution >= 4 is 23.9 Å². The van der Waals surface area contributed by atoms with Gasteiger partial charge in [0, 0.05) is 12.0 Å². The van der Waals surface area contributed by atoms with E-state index in [0.29, 0.717) is 16.9 Å². The molecule has 0 amide bonds. The summed E-state index contributed by atoms with van der Waals surface area (Å²) in [5.74, 6) is -1.00. The number of ether oxygens (including phenoxy) is 2. The SMILES string of the molecule is CCC(=O)Oc1cccc(/C=C2\N=C(c3cccc(F)c3)OC2=O)c1. The summed E-state index contributed by atoms with van der Waals surface area (Å²) in [5, 5.41) is 0. The molecule has 3 rings (SSSR count). The lowest BCUT2D eigenvalue weighted by Crippen LogP contribution is -2.06. The number of benzene rings is 2. The highest BCUT2D eigenvalue weighted by molar-refractivity contribution is 6.12. The van der Waals surface area contributed by atoms with Gasteiger partial charge < -0.3 is 9.47 Å². The molecular formula is C19H14FNO4. The molecule has 0 saturated carbocycles. The first kappa shape index (κ1) is 16.6. The molecule has 1 aliphatic heterocycles. The van der Waals surface area contributed by atoms with Crippen molar-refractivity contribution in [3.63, 3.8) is 0 Å². The third kappa shape index (κ3) is 3.98. The molecule has 0 bridgehead atoms. The summed E-state index contributed by atoms with van der Waals surface area (Å²) < 4.78 is 23.5. The van der Waals surface area contributed by atoms with Crippen molar-refractivity contribution in [1.82, 2.24) is 0 Å². The van der Waals surface area contributed by atoms with Crippen LogP contribution in [0, 0.1) is 5.82 Å². The Hall–Kier alpha value is -3.28. The highest BCUT2D eigenvalue weighted by atomic mass is 19.1. The third-order valence-corrected chi connectivity index (χ3v) is 3.37. The number of carbonyl (C=O) groups is 2. The normalized spacial score (nSPS) is 15.0. The molecule has 126 valence electrons. The Bertz CT molecular complexity index is 902. The molecule has 0 spiro atoms. The number of halogens is 1. The molecule has 0 radical (unpaired) electrons. The minimum Gasteiger partial charge on any atom is -0.427 e. The van der Waals surface area contributed by atoms with E-state index in [-0.39, 0.29) is 24.0 Å². The molecule has 0 saturated heterocycles. The smallest absolute Gasteiger partial charge is 0.363 e. The average Bonchev–Trinajstić information content (AvgIpc) is 2.96. The van der Waals surface area contributed by atoms with E-state index in [1.165, 1.54) is 24.3 Å². The molecule has 2 aromatic carbocycles. The molecule has 0 fully saturated rings. The summed E-state index contributed by atoms with van der Waals surface area (Å²) in [6.45, 7) is 1.70. The zero-order chi connectivity index (χ0) is 17.8. The molecule has 25 heavy (non-hydrogen) atoms. The minimum atomic E-state index is -0.629. The van der Waals surface area contributed by atoms with E-state index < -0.39 is 11.8 Å². The van der Waals surface area contributed by atoms with Crippen molar-refractivity contribution in [2.45, 2.75) is 13.3 Å². The first-order chi connectivity index (χ1) is 12.0. The third-order valence-electron chi connectivity index (χ3n) is 3.37. The van der Waals surface area contributed by atoms with Crippen molar-refractivity contribution in [2.24, 2.45) is 4.99 Å². The highest BCUT2D eigenvalue weighted by Gasteiger charge is 2.24. The number of esters is 2. The van der Waals surface area contributed by atoms with Crippen LogP contribution in [0.3, 0.4) is 0 Å². The highest BCUT2D eigenvalue weighted by Crippen LogP contribution is 2.21. The molecule has 1 heterocycles. The molecular weight excluding hydrogens is 325 g/mol. The lowest BCUT2D eigenvalue weighted by atomic mass is 10.2. The van der Waals surface area contributed by atoms with Gasteiger partial charge in [0.05, 0.1) is 0 Å². The fourth-order valence-electron chi connectivity index (χ4n) is 2.18. The van der Waals surface area contributed by atoms with E-state index >= 15 is 0 Å². The molecule has 6 heteroatoms. The molecule has 5 nitrogen and oxygen atoms in total. The van der Waals surface area contributed by atoms with Crippen molar-refractivity contribution in [3.05, 3.63) is 71.2 Å². The van der Waals surface area contributed by atoms with Crippen molar-refractivity contribution < 1.29 is 23.5 Å². The summed E-state index contributed by atoms with van der Waals surface area (Å²) in [6, 6.07) is 12.3. The van der Waals surface area contributed by atoms with E-state index in [1.54, 1.807) is 37.3 Å². The van der Waals surface area contributed by atoms with Crippen LogP contribution in [0.1, 0.15) is 24.5 Å². The second kappa shape index (κ2) is 7.09. The lowest BCUT2D eigenvalue weighted by molar-refractivity contribution is -0.134. The summed E-state index contributed by atoms with van der Waals surface area (Å²) in [5.41, 5.74) is 1.08. The fraction of sp³-hybridized carbons (Fsp3) is 0.105. The van der Waals surface area contributed by atoms with E-state index in [4.69, 9.17) is 9.47 Å². The van der Waals surface area contributed by atoms with Crippen LogP contribution in [0.25, 0.3) is 6.08 Å². The largest absolute Gasteiger partial charge is 0.427 e. The number of nitrogens with zero attached hydrogens (tertiary/aromatic N) is 1. The van der Waals surface area contributed by atoms with Gasteiger partial charge in [-0.15, -0.1) is 0 Å². The van der Waals surface area contributed by atoms with Gasteiger partial charge in [0.25, 0.3) is 0 Å². The number of cyclic esters (lactones) is 1.